The summed E-state index contributed by atoms with van der Waals surface area (Å²) in [7, 11) is 0. The molecule has 12 heavy (non-hydrogen) atoms. The summed E-state index contributed by atoms with van der Waals surface area (Å²) < 4.78 is 4.72. The Bertz CT molecular complexity index is 163. The molecule has 0 aliphatic carbocycles. The van der Waals surface area contributed by atoms with E-state index in [1.54, 1.807) is 6.92 Å². The van der Waals surface area contributed by atoms with Crippen LogP contribution in [0.1, 0.15) is 40.0 Å². The minimum absolute atomic E-state index is 0.00653. The lowest BCUT2D eigenvalue weighted by molar-refractivity contribution is -0.151. The first-order chi connectivity index (χ1) is 5.57. The van der Waals surface area contributed by atoms with Crippen molar-refractivity contribution >= 4 is 11.8 Å². The molecular formula is C9H16O3. The van der Waals surface area contributed by atoms with Crippen molar-refractivity contribution in [3.63, 3.8) is 0 Å². The number of ether oxygens (including phenoxy) is 1. The first-order valence-corrected chi connectivity index (χ1v) is 4.27. The quantitative estimate of drug-likeness (QED) is 0.593. The van der Waals surface area contributed by atoms with Crippen molar-refractivity contribution in [2.24, 2.45) is 0 Å². The zero-order valence-corrected chi connectivity index (χ0v) is 7.92. The van der Waals surface area contributed by atoms with Crippen molar-refractivity contribution in [2.75, 3.05) is 0 Å². The topological polar surface area (TPSA) is 43.4 Å². The van der Waals surface area contributed by atoms with Gasteiger partial charge in [-0.25, -0.2) is 0 Å². The molecule has 70 valence electrons. The van der Waals surface area contributed by atoms with E-state index in [1.807, 2.05) is 6.92 Å². The lowest BCUT2D eigenvalue weighted by atomic mass is 10.1. The van der Waals surface area contributed by atoms with Gasteiger partial charge in [0.25, 0.3) is 0 Å². The van der Waals surface area contributed by atoms with Crippen molar-refractivity contribution in [3.05, 3.63) is 0 Å². The molecule has 0 aromatic heterocycles. The number of unbranched alkanes of at least 4 members (excludes halogenated alkanes) is 1. The molecule has 0 spiro atoms. The molecule has 0 heterocycles. The highest BCUT2D eigenvalue weighted by Crippen LogP contribution is 2.02. The lowest BCUT2D eigenvalue weighted by Gasteiger charge is -2.09. The van der Waals surface area contributed by atoms with Crippen LogP contribution in [0.15, 0.2) is 0 Å². The van der Waals surface area contributed by atoms with Crippen LogP contribution >= 0.6 is 0 Å². The smallest absolute Gasteiger partial charge is 0.303 e. The molecule has 3 nitrogen and oxygen atoms in total. The van der Waals surface area contributed by atoms with E-state index in [0.717, 1.165) is 12.8 Å². The number of carbonyl (C=O) groups excluding carboxylic acids is 2. The van der Waals surface area contributed by atoms with Crippen molar-refractivity contribution in [1.82, 2.24) is 0 Å². The van der Waals surface area contributed by atoms with Gasteiger partial charge >= 0.3 is 5.97 Å². The average molecular weight is 172 g/mol. The second-order valence-electron chi connectivity index (χ2n) is 2.82. The van der Waals surface area contributed by atoms with Crippen LogP contribution in [0.2, 0.25) is 0 Å². The highest BCUT2D eigenvalue weighted by molar-refractivity contribution is 5.84. The lowest BCUT2D eigenvalue weighted by Crippen LogP contribution is -2.22. The van der Waals surface area contributed by atoms with E-state index < -0.39 is 12.1 Å². The molecule has 0 saturated heterocycles. The summed E-state index contributed by atoms with van der Waals surface area (Å²) in [6.07, 6.45) is 1.78. The van der Waals surface area contributed by atoms with Gasteiger partial charge < -0.3 is 4.74 Å². The third-order valence-corrected chi connectivity index (χ3v) is 1.57. The van der Waals surface area contributed by atoms with E-state index in [0.29, 0.717) is 6.42 Å². The number of rotatable bonds is 5. The third-order valence-electron chi connectivity index (χ3n) is 1.57. The standard InChI is InChI=1S/C9H16O3/c1-4-5-6-9(11)7(2)12-8(3)10/h7H,4-6H2,1-3H3. The molecule has 0 saturated carbocycles. The number of hydrogen-bond donors (Lipinski definition) is 0. The zero-order valence-electron chi connectivity index (χ0n) is 7.92. The van der Waals surface area contributed by atoms with Crippen LogP contribution in [-0.2, 0) is 14.3 Å². The Morgan fingerprint density at radius 1 is 1.42 bits per heavy atom. The fraction of sp³-hybridized carbons (Fsp3) is 0.778. The van der Waals surface area contributed by atoms with Crippen LogP contribution in [0.25, 0.3) is 0 Å². The third kappa shape index (κ3) is 4.88. The summed E-state index contributed by atoms with van der Waals surface area (Å²) >= 11 is 0. The van der Waals surface area contributed by atoms with E-state index in [4.69, 9.17) is 4.74 Å². The molecule has 0 aromatic carbocycles. The van der Waals surface area contributed by atoms with E-state index >= 15 is 0 Å². The number of ketones is 1. The summed E-state index contributed by atoms with van der Waals surface area (Å²) in [5.41, 5.74) is 0. The molecule has 0 aliphatic rings. The maximum absolute atomic E-state index is 11.2. The second-order valence-corrected chi connectivity index (χ2v) is 2.82. The number of hydrogen-bond acceptors (Lipinski definition) is 3. The van der Waals surface area contributed by atoms with Crippen LogP contribution in [0.4, 0.5) is 0 Å². The maximum atomic E-state index is 11.2. The van der Waals surface area contributed by atoms with Gasteiger partial charge in [-0.1, -0.05) is 13.3 Å². The molecule has 0 amide bonds. The second kappa shape index (κ2) is 5.75. The molecule has 0 bridgehead atoms. The minimum Gasteiger partial charge on any atom is -0.455 e. The summed E-state index contributed by atoms with van der Waals surface area (Å²) in [5, 5.41) is 0. The molecule has 0 N–H and O–H groups in total. The number of Topliss-reactive ketones (excluding diaryl/α,β-unsaturated/α-hetero) is 1. The molecule has 3 heteroatoms. The van der Waals surface area contributed by atoms with Crippen molar-refractivity contribution < 1.29 is 14.3 Å². The van der Waals surface area contributed by atoms with Crippen LogP contribution < -0.4 is 0 Å². The largest absolute Gasteiger partial charge is 0.455 e. The van der Waals surface area contributed by atoms with Gasteiger partial charge in [0.15, 0.2) is 11.9 Å². The first kappa shape index (κ1) is 11.1. The van der Waals surface area contributed by atoms with Crippen LogP contribution in [0, 0.1) is 0 Å². The van der Waals surface area contributed by atoms with Gasteiger partial charge in [0.05, 0.1) is 0 Å². The summed E-state index contributed by atoms with van der Waals surface area (Å²) in [4.78, 5) is 21.6. The van der Waals surface area contributed by atoms with Gasteiger partial charge in [0, 0.05) is 13.3 Å². The average Bonchev–Trinajstić information content (AvgIpc) is 1.98. The molecular weight excluding hydrogens is 156 g/mol. The molecule has 1 atom stereocenters. The van der Waals surface area contributed by atoms with E-state index in [2.05, 4.69) is 0 Å². The molecule has 0 aliphatic heterocycles. The van der Waals surface area contributed by atoms with Crippen molar-refractivity contribution in [1.29, 1.82) is 0 Å². The molecule has 0 rings (SSSR count). The monoisotopic (exact) mass is 172 g/mol. The van der Waals surface area contributed by atoms with Crippen LogP contribution in [0.3, 0.4) is 0 Å². The molecule has 0 fully saturated rings. The Morgan fingerprint density at radius 3 is 2.42 bits per heavy atom. The van der Waals surface area contributed by atoms with Gasteiger partial charge in [0.1, 0.15) is 0 Å². The number of esters is 1. The van der Waals surface area contributed by atoms with Gasteiger partial charge in [-0.3, -0.25) is 9.59 Å². The molecule has 1 unspecified atom stereocenters. The predicted octanol–water partition coefficient (Wildman–Crippen LogP) is 1.70. The van der Waals surface area contributed by atoms with Gasteiger partial charge in [-0.15, -0.1) is 0 Å². The summed E-state index contributed by atoms with van der Waals surface area (Å²) in [5.74, 6) is -0.389. The highest BCUT2D eigenvalue weighted by atomic mass is 16.5. The van der Waals surface area contributed by atoms with Crippen molar-refractivity contribution in [2.45, 2.75) is 46.1 Å². The Kier molecular flexibility index (Phi) is 5.34. The normalized spacial score (nSPS) is 12.2. The van der Waals surface area contributed by atoms with Crippen LogP contribution in [-0.4, -0.2) is 17.9 Å². The fourth-order valence-electron chi connectivity index (χ4n) is 0.869. The summed E-state index contributed by atoms with van der Waals surface area (Å²) in [6, 6.07) is 0. The maximum Gasteiger partial charge on any atom is 0.303 e. The van der Waals surface area contributed by atoms with Gasteiger partial charge in [-0.2, -0.15) is 0 Å². The minimum atomic E-state index is -0.575. The van der Waals surface area contributed by atoms with E-state index in [1.165, 1.54) is 6.92 Å². The Morgan fingerprint density at radius 2 is 2.00 bits per heavy atom. The SMILES string of the molecule is CCCCC(=O)C(C)OC(C)=O. The van der Waals surface area contributed by atoms with Crippen molar-refractivity contribution in [3.8, 4) is 0 Å². The Hall–Kier alpha value is -0.860. The predicted molar refractivity (Wildman–Crippen MR) is 45.8 cm³/mol. The first-order valence-electron chi connectivity index (χ1n) is 4.27. The number of carbonyl (C=O) groups is 2. The van der Waals surface area contributed by atoms with E-state index in [-0.39, 0.29) is 5.78 Å². The molecule has 0 aromatic rings. The zero-order chi connectivity index (χ0) is 9.56. The highest BCUT2D eigenvalue weighted by Gasteiger charge is 2.14. The van der Waals surface area contributed by atoms with Gasteiger partial charge in [-0.05, 0) is 13.3 Å². The van der Waals surface area contributed by atoms with E-state index in [9.17, 15) is 9.59 Å². The molecule has 0 radical (unpaired) electrons. The Labute approximate surface area is 73.1 Å². The van der Waals surface area contributed by atoms with Crippen LogP contribution in [0.5, 0.6) is 0 Å². The Balaban J connectivity index is 3.69. The summed E-state index contributed by atoms with van der Waals surface area (Å²) in [6.45, 7) is 4.94. The fourth-order valence-corrected chi connectivity index (χ4v) is 0.869. The van der Waals surface area contributed by atoms with Gasteiger partial charge in [0.2, 0.25) is 0 Å².